The summed E-state index contributed by atoms with van der Waals surface area (Å²) in [7, 11) is 1.83. The maximum absolute atomic E-state index is 10.6. The van der Waals surface area contributed by atoms with Gasteiger partial charge in [-0.25, -0.2) is 0 Å². The van der Waals surface area contributed by atoms with Crippen LogP contribution < -0.4 is 4.90 Å². The second kappa shape index (κ2) is 3.77. The number of hydrogen-bond donors (Lipinski definition) is 0. The van der Waals surface area contributed by atoms with Gasteiger partial charge in [0.25, 0.3) is 0 Å². The molecule has 1 aliphatic heterocycles. The van der Waals surface area contributed by atoms with Crippen molar-refractivity contribution in [1.29, 1.82) is 0 Å². The number of carbonyl (C=O) groups is 1. The largest absolute Gasteiger partial charge is 0.341 e. The number of nitrogens with zero attached hydrogens (tertiary/aromatic N) is 4. The molecule has 76 valence electrons. The summed E-state index contributed by atoms with van der Waals surface area (Å²) >= 11 is 0. The van der Waals surface area contributed by atoms with Gasteiger partial charge in [-0.2, -0.15) is 0 Å². The first-order valence-electron chi connectivity index (χ1n) is 4.92. The van der Waals surface area contributed by atoms with E-state index in [1.54, 1.807) is 4.57 Å². The van der Waals surface area contributed by atoms with Gasteiger partial charge in [0.05, 0.1) is 0 Å². The van der Waals surface area contributed by atoms with Crippen molar-refractivity contribution in [2.75, 3.05) is 18.0 Å². The molecule has 5 heteroatoms. The van der Waals surface area contributed by atoms with E-state index < -0.39 is 0 Å². The Bertz CT molecular complexity index is 328. The normalized spacial score (nSPS) is 17.1. The Kier molecular flexibility index (Phi) is 2.47. The van der Waals surface area contributed by atoms with E-state index in [0.717, 1.165) is 25.3 Å². The van der Waals surface area contributed by atoms with Crippen LogP contribution in [0.25, 0.3) is 0 Å². The lowest BCUT2D eigenvalue weighted by Gasteiger charge is -2.26. The summed E-state index contributed by atoms with van der Waals surface area (Å²) in [4.78, 5) is 12.8. The van der Waals surface area contributed by atoms with E-state index in [2.05, 4.69) is 15.1 Å². The van der Waals surface area contributed by atoms with Crippen molar-refractivity contribution in [3.63, 3.8) is 0 Å². The number of aromatic nitrogens is 3. The molecule has 1 fully saturated rings. The Morgan fingerprint density at radius 1 is 1.21 bits per heavy atom. The topological polar surface area (TPSA) is 51.0 Å². The van der Waals surface area contributed by atoms with Crippen LogP contribution in [0.2, 0.25) is 0 Å². The molecule has 0 atom stereocenters. The third-order valence-electron chi connectivity index (χ3n) is 2.63. The predicted molar refractivity (Wildman–Crippen MR) is 52.5 cm³/mol. The van der Waals surface area contributed by atoms with E-state index in [1.165, 1.54) is 19.3 Å². The molecule has 0 radical (unpaired) electrons. The van der Waals surface area contributed by atoms with Gasteiger partial charge in [-0.15, -0.1) is 10.2 Å². The summed E-state index contributed by atoms with van der Waals surface area (Å²) in [5.74, 6) is 1.21. The van der Waals surface area contributed by atoms with Gasteiger partial charge < -0.3 is 4.90 Å². The highest BCUT2D eigenvalue weighted by Gasteiger charge is 2.17. The summed E-state index contributed by atoms with van der Waals surface area (Å²) in [5, 5.41) is 7.83. The SMILES string of the molecule is Cn1c(C=O)nnc1N1CCCCC1. The first-order chi connectivity index (χ1) is 6.83. The molecule has 1 aromatic rings. The van der Waals surface area contributed by atoms with Gasteiger partial charge in [0.1, 0.15) is 0 Å². The minimum atomic E-state index is 0.394. The first kappa shape index (κ1) is 9.18. The second-order valence-corrected chi connectivity index (χ2v) is 3.58. The van der Waals surface area contributed by atoms with Gasteiger partial charge in [-0.3, -0.25) is 9.36 Å². The molecule has 0 aliphatic carbocycles. The number of piperidine rings is 1. The highest BCUT2D eigenvalue weighted by Crippen LogP contribution is 2.16. The highest BCUT2D eigenvalue weighted by atomic mass is 16.1. The average Bonchev–Trinajstić information content (AvgIpc) is 2.61. The van der Waals surface area contributed by atoms with Gasteiger partial charge >= 0.3 is 0 Å². The monoisotopic (exact) mass is 194 g/mol. The van der Waals surface area contributed by atoms with Crippen LogP contribution in [0.1, 0.15) is 29.9 Å². The Hall–Kier alpha value is -1.39. The number of anilines is 1. The summed E-state index contributed by atoms with van der Waals surface area (Å²) in [5.41, 5.74) is 0. The fourth-order valence-corrected chi connectivity index (χ4v) is 1.80. The van der Waals surface area contributed by atoms with Gasteiger partial charge in [-0.05, 0) is 19.3 Å². The molecule has 1 aromatic heterocycles. The second-order valence-electron chi connectivity index (χ2n) is 3.58. The van der Waals surface area contributed by atoms with Gasteiger partial charge in [0.15, 0.2) is 12.1 Å². The van der Waals surface area contributed by atoms with Crippen LogP contribution in [0.3, 0.4) is 0 Å². The van der Waals surface area contributed by atoms with Crippen LogP contribution in [0.5, 0.6) is 0 Å². The molecule has 0 unspecified atom stereocenters. The summed E-state index contributed by atoms with van der Waals surface area (Å²) in [6.45, 7) is 2.04. The molecule has 0 spiro atoms. The summed E-state index contributed by atoms with van der Waals surface area (Å²) in [6.07, 6.45) is 4.42. The fraction of sp³-hybridized carbons (Fsp3) is 0.667. The van der Waals surface area contributed by atoms with Crippen molar-refractivity contribution in [3.05, 3.63) is 5.82 Å². The molecule has 5 nitrogen and oxygen atoms in total. The molecule has 14 heavy (non-hydrogen) atoms. The Balaban J connectivity index is 2.22. The lowest BCUT2D eigenvalue weighted by atomic mass is 10.1. The lowest BCUT2D eigenvalue weighted by molar-refractivity contribution is 0.111. The van der Waals surface area contributed by atoms with Gasteiger partial charge in [0, 0.05) is 20.1 Å². The number of hydrogen-bond acceptors (Lipinski definition) is 4. The van der Waals surface area contributed by atoms with Gasteiger partial charge in [0.2, 0.25) is 5.95 Å². The quantitative estimate of drug-likeness (QED) is 0.647. The molecule has 2 rings (SSSR count). The molecule has 0 bridgehead atoms. The van der Waals surface area contributed by atoms with E-state index >= 15 is 0 Å². The Morgan fingerprint density at radius 2 is 1.93 bits per heavy atom. The molecule has 0 aromatic carbocycles. The zero-order chi connectivity index (χ0) is 9.97. The van der Waals surface area contributed by atoms with Crippen molar-refractivity contribution in [1.82, 2.24) is 14.8 Å². The maximum atomic E-state index is 10.6. The van der Waals surface area contributed by atoms with E-state index in [9.17, 15) is 4.79 Å². The number of aldehydes is 1. The van der Waals surface area contributed by atoms with Crippen LogP contribution in [-0.4, -0.2) is 34.1 Å². The highest BCUT2D eigenvalue weighted by molar-refractivity contribution is 5.69. The van der Waals surface area contributed by atoms with Crippen molar-refractivity contribution < 1.29 is 4.79 Å². The number of rotatable bonds is 2. The summed E-state index contributed by atoms with van der Waals surface area (Å²) in [6, 6.07) is 0. The van der Waals surface area contributed by atoms with E-state index in [1.807, 2.05) is 7.05 Å². The van der Waals surface area contributed by atoms with Crippen LogP contribution in [0.15, 0.2) is 0 Å². The van der Waals surface area contributed by atoms with Crippen LogP contribution in [-0.2, 0) is 7.05 Å². The standard InChI is InChI=1S/C9H14N4O/c1-12-8(7-14)10-11-9(12)13-5-3-2-4-6-13/h7H,2-6H2,1H3. The minimum absolute atomic E-state index is 0.394. The van der Waals surface area contributed by atoms with Crippen molar-refractivity contribution in [2.45, 2.75) is 19.3 Å². The van der Waals surface area contributed by atoms with Gasteiger partial charge in [-0.1, -0.05) is 0 Å². The maximum Gasteiger partial charge on any atom is 0.227 e. The Labute approximate surface area is 82.7 Å². The van der Waals surface area contributed by atoms with Crippen molar-refractivity contribution >= 4 is 12.2 Å². The lowest BCUT2D eigenvalue weighted by Crippen LogP contribution is -2.31. The zero-order valence-electron chi connectivity index (χ0n) is 8.31. The van der Waals surface area contributed by atoms with E-state index in [0.29, 0.717) is 5.82 Å². The van der Waals surface area contributed by atoms with Crippen molar-refractivity contribution in [2.24, 2.45) is 7.05 Å². The predicted octanol–water partition coefficient (Wildman–Crippen LogP) is 0.618. The summed E-state index contributed by atoms with van der Waals surface area (Å²) < 4.78 is 1.75. The molecule has 0 N–H and O–H groups in total. The van der Waals surface area contributed by atoms with E-state index in [-0.39, 0.29) is 0 Å². The average molecular weight is 194 g/mol. The molecule has 0 saturated carbocycles. The fourth-order valence-electron chi connectivity index (χ4n) is 1.80. The Morgan fingerprint density at radius 3 is 2.50 bits per heavy atom. The van der Waals surface area contributed by atoms with Crippen LogP contribution in [0, 0.1) is 0 Å². The first-order valence-corrected chi connectivity index (χ1v) is 4.92. The molecular formula is C9H14N4O. The third-order valence-corrected chi connectivity index (χ3v) is 2.63. The van der Waals surface area contributed by atoms with E-state index in [4.69, 9.17) is 0 Å². The molecule has 1 aliphatic rings. The molecule has 2 heterocycles. The molecule has 0 amide bonds. The van der Waals surface area contributed by atoms with Crippen molar-refractivity contribution in [3.8, 4) is 0 Å². The molecular weight excluding hydrogens is 180 g/mol. The van der Waals surface area contributed by atoms with Crippen LogP contribution >= 0.6 is 0 Å². The number of carbonyl (C=O) groups excluding carboxylic acids is 1. The molecule has 1 saturated heterocycles. The third kappa shape index (κ3) is 1.49. The minimum Gasteiger partial charge on any atom is -0.341 e. The smallest absolute Gasteiger partial charge is 0.227 e. The zero-order valence-corrected chi connectivity index (χ0v) is 8.31. The van der Waals surface area contributed by atoms with Crippen LogP contribution in [0.4, 0.5) is 5.95 Å².